The molecule has 0 fully saturated rings. The number of carbonyl (C=O) groups is 1. The van der Waals surface area contributed by atoms with Crippen LogP contribution in [0.15, 0.2) is 12.2 Å². The summed E-state index contributed by atoms with van der Waals surface area (Å²) in [6.45, 7) is 2.22. The maximum absolute atomic E-state index is 11.9. The highest BCUT2D eigenvalue weighted by atomic mass is 16.4. The lowest BCUT2D eigenvalue weighted by Crippen LogP contribution is -2.31. The van der Waals surface area contributed by atoms with E-state index in [1.54, 1.807) is 19.1 Å². The molecule has 0 unspecified atom stereocenters. The molecule has 0 spiro atoms. The van der Waals surface area contributed by atoms with Crippen molar-refractivity contribution in [2.24, 2.45) is 5.41 Å². The number of methoxy groups -OCH3 is 1. The Labute approximate surface area is 119 Å². The maximum Gasteiger partial charge on any atom is 0.222 e. The average Bonchev–Trinajstić information content (AvgIpc) is 2.38. The molecule has 0 saturated heterocycles. The van der Waals surface area contributed by atoms with Crippen molar-refractivity contribution >= 4 is 5.91 Å². The smallest absolute Gasteiger partial charge is 0.222 e. The molecular formula is C16H31NO2. The summed E-state index contributed by atoms with van der Waals surface area (Å²) in [5.74, 6) is 0.266. The minimum Gasteiger partial charge on any atom is -0.388 e. The molecule has 19 heavy (non-hydrogen) atoms. The number of ether oxygens (including phenoxy) is 1. The van der Waals surface area contributed by atoms with Crippen LogP contribution in [0.25, 0.3) is 0 Å². The normalized spacial score (nSPS) is 21.5. The van der Waals surface area contributed by atoms with Crippen LogP contribution in [0.1, 0.15) is 51.9 Å². The molecule has 0 aromatic rings. The van der Waals surface area contributed by atoms with E-state index in [1.165, 1.54) is 38.5 Å². The van der Waals surface area contributed by atoms with E-state index in [0.717, 1.165) is 0 Å². The van der Waals surface area contributed by atoms with Gasteiger partial charge in [0.1, 0.15) is 0 Å². The van der Waals surface area contributed by atoms with Gasteiger partial charge in [0.05, 0.1) is 0 Å². The summed E-state index contributed by atoms with van der Waals surface area (Å²) in [6, 6.07) is 0. The van der Waals surface area contributed by atoms with E-state index in [9.17, 15) is 4.79 Å². The molecule has 1 aliphatic rings. The SMILES string of the molecule is CCCC[C@@]1(CC(=O)N(C)C)C=CCCC1.COC. The minimum atomic E-state index is 0.162. The molecule has 0 radical (unpaired) electrons. The number of rotatable bonds is 5. The summed E-state index contributed by atoms with van der Waals surface area (Å²) >= 11 is 0. The van der Waals surface area contributed by atoms with Gasteiger partial charge in [-0.3, -0.25) is 4.79 Å². The van der Waals surface area contributed by atoms with Gasteiger partial charge in [0.25, 0.3) is 0 Å². The van der Waals surface area contributed by atoms with Gasteiger partial charge in [0, 0.05) is 34.7 Å². The molecule has 112 valence electrons. The Hall–Kier alpha value is -0.830. The first-order valence-corrected chi connectivity index (χ1v) is 7.29. The van der Waals surface area contributed by atoms with Crippen molar-refractivity contribution in [1.29, 1.82) is 0 Å². The molecule has 0 aliphatic heterocycles. The van der Waals surface area contributed by atoms with Crippen LogP contribution in [0.5, 0.6) is 0 Å². The molecule has 0 aromatic heterocycles. The molecule has 1 amide bonds. The number of hydrogen-bond donors (Lipinski definition) is 0. The summed E-state index contributed by atoms with van der Waals surface area (Å²) in [4.78, 5) is 13.6. The molecule has 0 bridgehead atoms. The maximum atomic E-state index is 11.9. The van der Waals surface area contributed by atoms with Crippen molar-refractivity contribution in [2.45, 2.75) is 51.9 Å². The Morgan fingerprint density at radius 3 is 2.42 bits per heavy atom. The fourth-order valence-corrected chi connectivity index (χ4v) is 2.42. The van der Waals surface area contributed by atoms with Crippen molar-refractivity contribution in [1.82, 2.24) is 4.90 Å². The third kappa shape index (κ3) is 7.36. The second-order valence-corrected chi connectivity index (χ2v) is 5.63. The largest absolute Gasteiger partial charge is 0.388 e. The molecule has 0 N–H and O–H groups in total. The predicted molar refractivity (Wildman–Crippen MR) is 81.2 cm³/mol. The van der Waals surface area contributed by atoms with Crippen molar-refractivity contribution in [3.8, 4) is 0 Å². The predicted octanol–water partition coefficient (Wildman–Crippen LogP) is 3.64. The van der Waals surface area contributed by atoms with Crippen molar-refractivity contribution in [3.63, 3.8) is 0 Å². The number of nitrogens with zero attached hydrogens (tertiary/aromatic N) is 1. The fourth-order valence-electron chi connectivity index (χ4n) is 2.42. The lowest BCUT2D eigenvalue weighted by molar-refractivity contribution is -0.130. The molecule has 3 heteroatoms. The van der Waals surface area contributed by atoms with Gasteiger partial charge in [-0.05, 0) is 31.1 Å². The topological polar surface area (TPSA) is 29.5 Å². The quantitative estimate of drug-likeness (QED) is 0.713. The zero-order chi connectivity index (χ0) is 14.7. The van der Waals surface area contributed by atoms with Crippen molar-refractivity contribution < 1.29 is 9.53 Å². The van der Waals surface area contributed by atoms with E-state index in [4.69, 9.17) is 0 Å². The highest BCUT2D eigenvalue weighted by Crippen LogP contribution is 2.39. The van der Waals surface area contributed by atoms with Gasteiger partial charge in [-0.15, -0.1) is 0 Å². The van der Waals surface area contributed by atoms with Crippen LogP contribution in [0.4, 0.5) is 0 Å². The van der Waals surface area contributed by atoms with E-state index in [0.29, 0.717) is 6.42 Å². The number of unbranched alkanes of at least 4 members (excludes halogenated alkanes) is 1. The number of carbonyl (C=O) groups excluding carboxylic acids is 1. The van der Waals surface area contributed by atoms with Gasteiger partial charge in [-0.1, -0.05) is 31.9 Å². The van der Waals surface area contributed by atoms with Crippen LogP contribution in [0.2, 0.25) is 0 Å². The van der Waals surface area contributed by atoms with Crippen LogP contribution in [-0.4, -0.2) is 39.1 Å². The lowest BCUT2D eigenvalue weighted by Gasteiger charge is -2.33. The molecule has 1 atom stereocenters. The van der Waals surface area contributed by atoms with Gasteiger partial charge >= 0.3 is 0 Å². The Kier molecular flexibility index (Phi) is 9.58. The zero-order valence-corrected chi connectivity index (χ0v) is 13.4. The first kappa shape index (κ1) is 18.2. The lowest BCUT2D eigenvalue weighted by atomic mass is 9.72. The summed E-state index contributed by atoms with van der Waals surface area (Å²) in [5.41, 5.74) is 0.162. The monoisotopic (exact) mass is 269 g/mol. The van der Waals surface area contributed by atoms with Gasteiger partial charge in [-0.2, -0.15) is 0 Å². The Morgan fingerprint density at radius 1 is 1.37 bits per heavy atom. The first-order valence-electron chi connectivity index (χ1n) is 7.29. The second-order valence-electron chi connectivity index (χ2n) is 5.63. The van der Waals surface area contributed by atoms with E-state index in [1.807, 2.05) is 14.1 Å². The Morgan fingerprint density at radius 2 is 2.00 bits per heavy atom. The van der Waals surface area contributed by atoms with Crippen LogP contribution in [0, 0.1) is 5.41 Å². The third-order valence-corrected chi connectivity index (χ3v) is 3.55. The van der Waals surface area contributed by atoms with Crippen molar-refractivity contribution in [2.75, 3.05) is 28.3 Å². The van der Waals surface area contributed by atoms with E-state index >= 15 is 0 Å². The van der Waals surface area contributed by atoms with Crippen LogP contribution < -0.4 is 0 Å². The molecule has 0 aromatic carbocycles. The standard InChI is InChI=1S/C14H25NO.C2H6O/c1-4-5-9-14(10-7-6-8-11-14)12-13(16)15(2)3;1-3-2/h7,10H,4-6,8-9,11-12H2,1-3H3;1-2H3/t14-;/m1./s1. The highest BCUT2D eigenvalue weighted by Gasteiger charge is 2.31. The van der Waals surface area contributed by atoms with Crippen LogP contribution in [0.3, 0.4) is 0 Å². The minimum absolute atomic E-state index is 0.162. The average molecular weight is 269 g/mol. The molecule has 1 aliphatic carbocycles. The van der Waals surface area contributed by atoms with E-state index in [2.05, 4.69) is 23.8 Å². The second kappa shape index (κ2) is 10.0. The summed E-state index contributed by atoms with van der Waals surface area (Å²) < 4.78 is 4.25. The summed E-state index contributed by atoms with van der Waals surface area (Å²) in [7, 11) is 6.95. The molecule has 0 saturated carbocycles. The molecule has 0 heterocycles. The Balaban J connectivity index is 0.000000982. The van der Waals surface area contributed by atoms with Gasteiger partial charge in [-0.25, -0.2) is 0 Å². The van der Waals surface area contributed by atoms with E-state index < -0.39 is 0 Å². The summed E-state index contributed by atoms with van der Waals surface area (Å²) in [6.07, 6.45) is 12.5. The Bertz CT molecular complexity index is 274. The number of hydrogen-bond acceptors (Lipinski definition) is 2. The first-order chi connectivity index (χ1) is 9.01. The summed E-state index contributed by atoms with van der Waals surface area (Å²) in [5, 5.41) is 0. The van der Waals surface area contributed by atoms with Gasteiger partial charge in [0.2, 0.25) is 5.91 Å². The van der Waals surface area contributed by atoms with Gasteiger partial charge < -0.3 is 9.64 Å². The van der Waals surface area contributed by atoms with Crippen molar-refractivity contribution in [3.05, 3.63) is 12.2 Å². The van der Waals surface area contributed by atoms with Crippen LogP contribution >= 0.6 is 0 Å². The third-order valence-electron chi connectivity index (χ3n) is 3.55. The van der Waals surface area contributed by atoms with Gasteiger partial charge in [0.15, 0.2) is 0 Å². The molecular weight excluding hydrogens is 238 g/mol. The number of amides is 1. The zero-order valence-electron chi connectivity index (χ0n) is 13.4. The molecule has 3 nitrogen and oxygen atoms in total. The fraction of sp³-hybridized carbons (Fsp3) is 0.812. The molecule has 1 rings (SSSR count). The van der Waals surface area contributed by atoms with Crippen LogP contribution in [-0.2, 0) is 9.53 Å². The van der Waals surface area contributed by atoms with E-state index in [-0.39, 0.29) is 11.3 Å². The number of allylic oxidation sites excluding steroid dienone is 2. The highest BCUT2D eigenvalue weighted by molar-refractivity contribution is 5.76.